The first kappa shape index (κ1) is 14.8. The van der Waals surface area contributed by atoms with E-state index in [4.69, 9.17) is 14.8 Å². The van der Waals surface area contributed by atoms with Gasteiger partial charge >= 0.3 is 10.1 Å². The minimum absolute atomic E-state index is 0.0359. The van der Waals surface area contributed by atoms with E-state index >= 15 is 0 Å². The number of nitrogens with zero attached hydrogens (tertiary/aromatic N) is 1. The van der Waals surface area contributed by atoms with E-state index in [1.54, 1.807) is 6.92 Å². The van der Waals surface area contributed by atoms with E-state index in [9.17, 15) is 8.42 Å². The summed E-state index contributed by atoms with van der Waals surface area (Å²) < 4.78 is 31.1. The molecule has 0 aliphatic heterocycles. The van der Waals surface area contributed by atoms with Gasteiger partial charge < -0.3 is 14.7 Å². The number of rotatable bonds is 7. The second-order valence-corrected chi connectivity index (χ2v) is 5.26. The van der Waals surface area contributed by atoms with Crippen LogP contribution in [-0.4, -0.2) is 65.9 Å². The third-order valence-corrected chi connectivity index (χ3v) is 4.23. The first-order valence-electron chi connectivity index (χ1n) is 4.88. The first-order chi connectivity index (χ1) is 6.84. The van der Waals surface area contributed by atoms with Crippen LogP contribution >= 0.6 is 0 Å². The van der Waals surface area contributed by atoms with Crippen molar-refractivity contribution in [1.29, 1.82) is 0 Å². The molecule has 0 aromatic carbocycles. The largest absolute Gasteiger partial charge is 0.391 e. The molecule has 6 nitrogen and oxygen atoms in total. The maximum absolute atomic E-state index is 11.1. The maximum atomic E-state index is 11.1. The average Bonchev–Trinajstić information content (AvgIpc) is 2.15. The fraction of sp³-hybridized carbons (Fsp3) is 1.00. The quantitative estimate of drug-likeness (QED) is 0.395. The van der Waals surface area contributed by atoms with Crippen LogP contribution < -0.4 is 0 Å². The van der Waals surface area contributed by atoms with E-state index in [2.05, 4.69) is 0 Å². The number of likely N-dealkylation sites (N-methyl/N-ethyl adjacent to an activating group) is 1. The summed E-state index contributed by atoms with van der Waals surface area (Å²) in [6.45, 7) is 3.57. The highest BCUT2D eigenvalue weighted by atomic mass is 32.2. The van der Waals surface area contributed by atoms with Gasteiger partial charge in [-0.2, -0.15) is 8.42 Å². The van der Waals surface area contributed by atoms with Crippen LogP contribution in [-0.2, 0) is 10.1 Å². The average molecular weight is 242 g/mol. The monoisotopic (exact) mass is 242 g/mol. The number of hydrogen-bond acceptors (Lipinski definition) is 4. The Morgan fingerprint density at radius 1 is 1.20 bits per heavy atom. The summed E-state index contributed by atoms with van der Waals surface area (Å²) in [5.41, 5.74) is 0. The van der Waals surface area contributed by atoms with Crippen LogP contribution in [0.3, 0.4) is 0 Å². The van der Waals surface area contributed by atoms with Crippen molar-refractivity contribution in [3.63, 3.8) is 0 Å². The lowest BCUT2D eigenvalue weighted by Gasteiger charge is -2.40. The van der Waals surface area contributed by atoms with Crippen LogP contribution in [0.2, 0.25) is 0 Å². The van der Waals surface area contributed by atoms with Gasteiger partial charge in [0.05, 0.1) is 19.8 Å². The molecule has 0 radical (unpaired) electrons. The lowest BCUT2D eigenvalue weighted by Crippen LogP contribution is -2.59. The lowest BCUT2D eigenvalue weighted by molar-refractivity contribution is -0.936. The van der Waals surface area contributed by atoms with Crippen molar-refractivity contribution in [3.8, 4) is 0 Å². The topological polar surface area (TPSA) is 94.8 Å². The molecule has 0 aliphatic rings. The lowest BCUT2D eigenvalue weighted by atomic mass is 10.3. The molecular formula is C8H20NO5S+. The fourth-order valence-electron chi connectivity index (χ4n) is 1.73. The van der Waals surface area contributed by atoms with Gasteiger partial charge in [-0.1, -0.05) is 0 Å². The molecule has 1 atom stereocenters. The molecule has 0 aromatic heterocycles. The molecule has 0 bridgehead atoms. The van der Waals surface area contributed by atoms with Crippen LogP contribution in [0, 0.1) is 0 Å². The van der Waals surface area contributed by atoms with Gasteiger partial charge in [-0.25, -0.2) is 0 Å². The molecule has 0 heterocycles. The number of aliphatic hydroxyl groups is 2. The molecule has 7 heteroatoms. The zero-order valence-corrected chi connectivity index (χ0v) is 9.94. The first-order valence-corrected chi connectivity index (χ1v) is 6.38. The van der Waals surface area contributed by atoms with Crippen LogP contribution in [0.5, 0.6) is 0 Å². The Morgan fingerprint density at radius 2 is 1.60 bits per heavy atom. The van der Waals surface area contributed by atoms with Gasteiger partial charge in [0.25, 0.3) is 0 Å². The second-order valence-electron chi connectivity index (χ2n) is 3.54. The second kappa shape index (κ2) is 5.76. The van der Waals surface area contributed by atoms with Gasteiger partial charge in [0, 0.05) is 6.92 Å². The molecule has 0 aromatic rings. The number of hydrogen-bond donors (Lipinski definition) is 3. The van der Waals surface area contributed by atoms with Crippen LogP contribution in [0.4, 0.5) is 0 Å². The standard InChI is InChI=1S/C8H19NO5S/c1-3-9(4-6-10,5-7-11)8(2)15(12,13)14/h8,10-11H,3-7H2,1-2H3/p+1. The smallest absolute Gasteiger partial charge is 0.319 e. The van der Waals surface area contributed by atoms with Crippen LogP contribution in [0.15, 0.2) is 0 Å². The highest BCUT2D eigenvalue weighted by molar-refractivity contribution is 7.86. The van der Waals surface area contributed by atoms with Crippen molar-refractivity contribution in [2.24, 2.45) is 0 Å². The van der Waals surface area contributed by atoms with Gasteiger partial charge in [-0.3, -0.25) is 4.55 Å². The summed E-state index contributed by atoms with van der Waals surface area (Å²) in [6, 6.07) is 0. The minimum Gasteiger partial charge on any atom is -0.391 e. The number of aliphatic hydroxyl groups excluding tert-OH is 2. The molecule has 0 amide bonds. The Balaban J connectivity index is 5.05. The Kier molecular flexibility index (Phi) is 5.68. The predicted molar refractivity (Wildman–Crippen MR) is 55.7 cm³/mol. The SMILES string of the molecule is CC[N+](CCO)(CCO)C(C)S(=O)(=O)O. The van der Waals surface area contributed by atoms with Gasteiger partial charge in [-0.15, -0.1) is 0 Å². The van der Waals surface area contributed by atoms with Crippen LogP contribution in [0.1, 0.15) is 13.8 Å². The molecule has 1 unspecified atom stereocenters. The zero-order valence-electron chi connectivity index (χ0n) is 9.13. The van der Waals surface area contributed by atoms with Gasteiger partial charge in [0.15, 0.2) is 0 Å². The molecule has 0 aliphatic carbocycles. The molecule has 0 fully saturated rings. The molecule has 0 saturated heterocycles. The van der Waals surface area contributed by atoms with E-state index in [0.29, 0.717) is 6.54 Å². The Labute approximate surface area is 90.5 Å². The third-order valence-electron chi connectivity index (χ3n) is 2.92. The summed E-state index contributed by atoms with van der Waals surface area (Å²) in [6.07, 6.45) is 0. The highest BCUT2D eigenvalue weighted by Crippen LogP contribution is 2.17. The van der Waals surface area contributed by atoms with Crippen molar-refractivity contribution in [2.45, 2.75) is 19.2 Å². The molecule has 92 valence electrons. The third kappa shape index (κ3) is 3.69. The van der Waals surface area contributed by atoms with Crippen molar-refractivity contribution in [1.82, 2.24) is 0 Å². The normalized spacial score (nSPS) is 15.3. The molecule has 0 saturated carbocycles. The highest BCUT2D eigenvalue weighted by Gasteiger charge is 2.39. The van der Waals surface area contributed by atoms with Gasteiger partial charge in [0.2, 0.25) is 5.37 Å². The Morgan fingerprint density at radius 3 is 1.80 bits per heavy atom. The molecule has 3 N–H and O–H groups in total. The van der Waals surface area contributed by atoms with Crippen LogP contribution in [0.25, 0.3) is 0 Å². The fourth-order valence-corrected chi connectivity index (χ4v) is 2.65. The van der Waals surface area contributed by atoms with Gasteiger partial charge in [-0.05, 0) is 6.92 Å². The van der Waals surface area contributed by atoms with E-state index in [-0.39, 0.29) is 30.8 Å². The molecular weight excluding hydrogens is 222 g/mol. The number of quaternary nitrogens is 1. The van der Waals surface area contributed by atoms with Crippen molar-refractivity contribution in [2.75, 3.05) is 32.8 Å². The summed E-state index contributed by atoms with van der Waals surface area (Å²) in [5, 5.41) is 16.8. The Bertz CT molecular complexity index is 271. The zero-order chi connectivity index (χ0) is 12.1. The van der Waals surface area contributed by atoms with E-state index < -0.39 is 15.5 Å². The van der Waals surface area contributed by atoms with E-state index in [1.807, 2.05) is 0 Å². The molecule has 0 rings (SSSR count). The van der Waals surface area contributed by atoms with Crippen molar-refractivity contribution in [3.05, 3.63) is 0 Å². The summed E-state index contributed by atoms with van der Waals surface area (Å²) >= 11 is 0. The van der Waals surface area contributed by atoms with E-state index in [1.165, 1.54) is 6.92 Å². The summed E-state index contributed by atoms with van der Waals surface area (Å²) in [5.74, 6) is 0. The molecule has 15 heavy (non-hydrogen) atoms. The van der Waals surface area contributed by atoms with Crippen molar-refractivity contribution < 1.29 is 27.7 Å². The minimum atomic E-state index is -4.17. The predicted octanol–water partition coefficient (Wildman–Crippen LogP) is -0.958. The summed E-state index contributed by atoms with van der Waals surface area (Å²) in [4.78, 5) is 0. The van der Waals surface area contributed by atoms with E-state index in [0.717, 1.165) is 0 Å². The summed E-state index contributed by atoms with van der Waals surface area (Å²) in [7, 11) is -4.17. The van der Waals surface area contributed by atoms with Gasteiger partial charge in [0.1, 0.15) is 13.1 Å². The molecule has 0 spiro atoms. The Hall–Kier alpha value is -0.210. The van der Waals surface area contributed by atoms with Crippen molar-refractivity contribution >= 4 is 10.1 Å². The maximum Gasteiger partial charge on any atom is 0.319 e.